The summed E-state index contributed by atoms with van der Waals surface area (Å²) in [5.74, 6) is 0.892. The Balaban J connectivity index is 2.24. The summed E-state index contributed by atoms with van der Waals surface area (Å²) >= 11 is 11.8. The van der Waals surface area contributed by atoms with E-state index in [2.05, 4.69) is 6.92 Å². The van der Waals surface area contributed by atoms with E-state index in [9.17, 15) is 8.42 Å². The minimum atomic E-state index is -3.49. The SMILES string of the molecule is CC1CCC(N(C)S(=O)(=O)c2ccc(Cl)c(CCl)c2)CC1. The molecule has 0 aliphatic heterocycles. The maximum absolute atomic E-state index is 12.7. The van der Waals surface area contributed by atoms with Crippen molar-refractivity contribution in [2.45, 2.75) is 49.4 Å². The predicted octanol–water partition coefficient (Wildman–Crippen LogP) is 4.28. The van der Waals surface area contributed by atoms with E-state index in [0.29, 0.717) is 16.5 Å². The third kappa shape index (κ3) is 3.73. The summed E-state index contributed by atoms with van der Waals surface area (Å²) in [7, 11) is -1.82. The number of benzene rings is 1. The zero-order chi connectivity index (χ0) is 15.6. The molecule has 1 fully saturated rings. The molecule has 0 amide bonds. The minimum Gasteiger partial charge on any atom is -0.207 e. The van der Waals surface area contributed by atoms with Gasteiger partial charge in [-0.15, -0.1) is 11.6 Å². The first-order valence-electron chi connectivity index (χ1n) is 7.18. The lowest BCUT2D eigenvalue weighted by Crippen LogP contribution is -2.39. The van der Waals surface area contributed by atoms with Crippen LogP contribution in [-0.2, 0) is 15.9 Å². The van der Waals surface area contributed by atoms with Crippen LogP contribution in [0.1, 0.15) is 38.2 Å². The maximum atomic E-state index is 12.7. The van der Waals surface area contributed by atoms with E-state index in [1.54, 1.807) is 25.2 Å². The molecule has 2 rings (SSSR count). The second kappa shape index (κ2) is 6.86. The molecule has 0 spiro atoms. The van der Waals surface area contributed by atoms with E-state index in [1.165, 1.54) is 4.31 Å². The first-order chi connectivity index (χ1) is 9.86. The molecule has 0 N–H and O–H groups in total. The van der Waals surface area contributed by atoms with Crippen molar-refractivity contribution >= 4 is 33.2 Å². The highest BCUT2D eigenvalue weighted by molar-refractivity contribution is 7.89. The Morgan fingerprint density at radius 2 is 1.86 bits per heavy atom. The molecule has 3 nitrogen and oxygen atoms in total. The van der Waals surface area contributed by atoms with Gasteiger partial charge in [0.1, 0.15) is 0 Å². The Morgan fingerprint density at radius 3 is 2.43 bits per heavy atom. The molecule has 0 radical (unpaired) electrons. The van der Waals surface area contributed by atoms with Crippen LogP contribution in [0.4, 0.5) is 0 Å². The van der Waals surface area contributed by atoms with Crippen molar-refractivity contribution in [2.24, 2.45) is 5.92 Å². The fourth-order valence-electron chi connectivity index (χ4n) is 2.78. The first-order valence-corrected chi connectivity index (χ1v) is 9.54. The molecular weight excluding hydrogens is 329 g/mol. The van der Waals surface area contributed by atoms with Gasteiger partial charge in [-0.25, -0.2) is 8.42 Å². The Labute approximate surface area is 137 Å². The lowest BCUT2D eigenvalue weighted by molar-refractivity contribution is 0.246. The van der Waals surface area contributed by atoms with Crippen molar-refractivity contribution in [3.8, 4) is 0 Å². The van der Waals surface area contributed by atoms with Crippen LogP contribution >= 0.6 is 23.2 Å². The van der Waals surface area contributed by atoms with Gasteiger partial charge in [-0.2, -0.15) is 4.31 Å². The highest BCUT2D eigenvalue weighted by Crippen LogP contribution is 2.30. The number of alkyl halides is 1. The van der Waals surface area contributed by atoms with Gasteiger partial charge in [-0.05, 0) is 55.4 Å². The maximum Gasteiger partial charge on any atom is 0.243 e. The van der Waals surface area contributed by atoms with Crippen LogP contribution in [0.25, 0.3) is 0 Å². The number of hydrogen-bond acceptors (Lipinski definition) is 2. The summed E-state index contributed by atoms with van der Waals surface area (Å²) in [6.45, 7) is 2.22. The van der Waals surface area contributed by atoms with Crippen molar-refractivity contribution in [3.63, 3.8) is 0 Å². The fourth-order valence-corrected chi connectivity index (χ4v) is 4.72. The number of sulfonamides is 1. The second-order valence-corrected chi connectivity index (χ2v) is 8.49. The molecular formula is C15H21Cl2NO2S. The van der Waals surface area contributed by atoms with Gasteiger partial charge in [-0.1, -0.05) is 18.5 Å². The zero-order valence-corrected chi connectivity index (χ0v) is 14.7. The lowest BCUT2D eigenvalue weighted by atomic mass is 9.87. The van der Waals surface area contributed by atoms with E-state index in [4.69, 9.17) is 23.2 Å². The van der Waals surface area contributed by atoms with Crippen molar-refractivity contribution in [2.75, 3.05) is 7.05 Å². The van der Waals surface area contributed by atoms with E-state index in [-0.39, 0.29) is 16.8 Å². The summed E-state index contributed by atoms with van der Waals surface area (Å²) in [4.78, 5) is 0.267. The second-order valence-electron chi connectivity index (χ2n) is 5.82. The average Bonchev–Trinajstić information content (AvgIpc) is 2.47. The van der Waals surface area contributed by atoms with Gasteiger partial charge >= 0.3 is 0 Å². The molecule has 0 heterocycles. The number of rotatable bonds is 4. The lowest BCUT2D eigenvalue weighted by Gasteiger charge is -2.32. The van der Waals surface area contributed by atoms with Gasteiger partial charge in [0, 0.05) is 24.0 Å². The Kier molecular flexibility index (Phi) is 5.58. The number of halogens is 2. The summed E-state index contributed by atoms with van der Waals surface area (Å²) in [6, 6.07) is 4.81. The fraction of sp³-hybridized carbons (Fsp3) is 0.600. The van der Waals surface area contributed by atoms with Crippen LogP contribution < -0.4 is 0 Å². The number of nitrogens with zero attached hydrogens (tertiary/aromatic N) is 1. The Morgan fingerprint density at radius 1 is 1.24 bits per heavy atom. The van der Waals surface area contributed by atoms with Crippen molar-refractivity contribution in [3.05, 3.63) is 28.8 Å². The standard InChI is InChI=1S/C15H21Cl2NO2S/c1-11-3-5-13(6-4-11)18(2)21(19,20)14-7-8-15(17)12(9-14)10-16/h7-9,11,13H,3-6,10H2,1-2H3. The Bertz CT molecular complexity index is 596. The molecule has 1 aliphatic carbocycles. The highest BCUT2D eigenvalue weighted by atomic mass is 35.5. The predicted molar refractivity (Wildman–Crippen MR) is 87.4 cm³/mol. The topological polar surface area (TPSA) is 37.4 Å². The van der Waals surface area contributed by atoms with Gasteiger partial charge in [0.15, 0.2) is 0 Å². The molecule has 6 heteroatoms. The molecule has 0 atom stereocenters. The quantitative estimate of drug-likeness (QED) is 0.760. The molecule has 0 bridgehead atoms. The largest absolute Gasteiger partial charge is 0.243 e. The third-order valence-electron chi connectivity index (χ3n) is 4.34. The Hall–Kier alpha value is -0.290. The molecule has 1 aromatic rings. The van der Waals surface area contributed by atoms with Crippen molar-refractivity contribution < 1.29 is 8.42 Å². The van der Waals surface area contributed by atoms with Crippen LogP contribution in [-0.4, -0.2) is 25.8 Å². The first kappa shape index (κ1) is 17.1. The van der Waals surface area contributed by atoms with Crippen LogP contribution in [0.3, 0.4) is 0 Å². The normalized spacial score (nSPS) is 23.5. The van der Waals surface area contributed by atoms with Gasteiger partial charge < -0.3 is 0 Å². The summed E-state index contributed by atoms with van der Waals surface area (Å²) in [5, 5.41) is 0.498. The van der Waals surface area contributed by atoms with E-state index in [0.717, 1.165) is 25.7 Å². The van der Waals surface area contributed by atoms with E-state index >= 15 is 0 Å². The molecule has 1 saturated carbocycles. The molecule has 0 aromatic heterocycles. The van der Waals surface area contributed by atoms with Gasteiger partial charge in [0.05, 0.1) is 4.90 Å². The summed E-state index contributed by atoms with van der Waals surface area (Å²) in [6.07, 6.45) is 4.01. The molecule has 1 aliphatic rings. The van der Waals surface area contributed by atoms with Crippen molar-refractivity contribution in [1.29, 1.82) is 0 Å². The van der Waals surface area contributed by atoms with Crippen LogP contribution in [0, 0.1) is 5.92 Å². The monoisotopic (exact) mass is 349 g/mol. The molecule has 0 saturated heterocycles. The van der Waals surface area contributed by atoms with Crippen LogP contribution in [0.2, 0.25) is 5.02 Å². The molecule has 21 heavy (non-hydrogen) atoms. The zero-order valence-electron chi connectivity index (χ0n) is 12.4. The van der Waals surface area contributed by atoms with Crippen molar-refractivity contribution in [1.82, 2.24) is 4.31 Å². The van der Waals surface area contributed by atoms with Crippen LogP contribution in [0.15, 0.2) is 23.1 Å². The smallest absolute Gasteiger partial charge is 0.207 e. The van der Waals surface area contributed by atoms with E-state index < -0.39 is 10.0 Å². The third-order valence-corrected chi connectivity index (χ3v) is 6.90. The molecule has 118 valence electrons. The van der Waals surface area contributed by atoms with Gasteiger partial charge in [0.2, 0.25) is 10.0 Å². The van der Waals surface area contributed by atoms with Gasteiger partial charge in [0.25, 0.3) is 0 Å². The molecule has 0 unspecified atom stereocenters. The molecule has 1 aromatic carbocycles. The highest BCUT2D eigenvalue weighted by Gasteiger charge is 2.30. The van der Waals surface area contributed by atoms with E-state index in [1.807, 2.05) is 0 Å². The average molecular weight is 350 g/mol. The minimum absolute atomic E-state index is 0.0846. The summed E-state index contributed by atoms with van der Waals surface area (Å²) < 4.78 is 27.0. The van der Waals surface area contributed by atoms with Gasteiger partial charge in [-0.3, -0.25) is 0 Å². The number of hydrogen-bond donors (Lipinski definition) is 0. The van der Waals surface area contributed by atoms with Crippen LogP contribution in [0.5, 0.6) is 0 Å². The summed E-state index contributed by atoms with van der Waals surface area (Å²) in [5.41, 5.74) is 0.644.